The molecule has 1 aromatic rings. The summed E-state index contributed by atoms with van der Waals surface area (Å²) in [7, 11) is 2.16. The first-order valence-corrected chi connectivity index (χ1v) is 7.58. The Bertz CT molecular complexity index is 462. The molecule has 1 aromatic carbocycles. The van der Waals surface area contributed by atoms with E-state index in [1.54, 1.807) is 0 Å². The molecule has 3 heteroatoms. The summed E-state index contributed by atoms with van der Waals surface area (Å²) in [5.41, 5.74) is 10.2. The van der Waals surface area contributed by atoms with Crippen LogP contribution in [0.4, 0.5) is 0 Å². The van der Waals surface area contributed by atoms with E-state index in [0.717, 1.165) is 38.1 Å². The quantitative estimate of drug-likeness (QED) is 0.919. The molecular weight excluding hydrogens is 248 g/mol. The van der Waals surface area contributed by atoms with Gasteiger partial charge in [0.25, 0.3) is 0 Å². The number of nitrogens with zero attached hydrogens (tertiary/aromatic N) is 1. The highest BCUT2D eigenvalue weighted by Gasteiger charge is 2.29. The number of hydrogen-bond donors (Lipinski definition) is 1. The second kappa shape index (κ2) is 6.15. The van der Waals surface area contributed by atoms with Gasteiger partial charge in [-0.1, -0.05) is 12.1 Å². The molecule has 0 radical (unpaired) electrons. The van der Waals surface area contributed by atoms with Crippen molar-refractivity contribution in [3.05, 3.63) is 28.8 Å². The van der Waals surface area contributed by atoms with Crippen LogP contribution < -0.4 is 10.5 Å². The van der Waals surface area contributed by atoms with Crippen LogP contribution in [0.25, 0.3) is 0 Å². The molecule has 0 aromatic heterocycles. The molecule has 112 valence electrons. The number of aryl methyl sites for hydroxylation is 2. The Morgan fingerprint density at radius 3 is 2.40 bits per heavy atom. The van der Waals surface area contributed by atoms with Gasteiger partial charge in [0.2, 0.25) is 0 Å². The number of likely N-dealkylation sites (tertiary alicyclic amines) is 1. The number of benzene rings is 1. The average Bonchev–Trinajstić information content (AvgIpc) is 2.42. The predicted molar refractivity (Wildman–Crippen MR) is 84.4 cm³/mol. The maximum atomic E-state index is 6.48. The molecule has 1 aliphatic heterocycles. The minimum Gasteiger partial charge on any atom is -0.493 e. The zero-order valence-corrected chi connectivity index (χ0v) is 13.3. The van der Waals surface area contributed by atoms with E-state index in [1.165, 1.54) is 16.7 Å². The van der Waals surface area contributed by atoms with Gasteiger partial charge in [-0.05, 0) is 76.9 Å². The van der Waals surface area contributed by atoms with Crippen LogP contribution in [-0.2, 0) is 0 Å². The molecule has 0 bridgehead atoms. The third kappa shape index (κ3) is 3.53. The highest BCUT2D eigenvalue weighted by atomic mass is 16.5. The SMILES string of the molecule is Cc1ccc(C)c(OCCC2(N)CCN(C)CC2)c1C. The lowest BCUT2D eigenvalue weighted by molar-refractivity contribution is 0.159. The first kappa shape index (κ1) is 15.3. The van der Waals surface area contributed by atoms with E-state index in [-0.39, 0.29) is 5.54 Å². The molecule has 1 saturated heterocycles. The van der Waals surface area contributed by atoms with Crippen molar-refractivity contribution in [2.75, 3.05) is 26.7 Å². The van der Waals surface area contributed by atoms with Crippen molar-refractivity contribution in [2.24, 2.45) is 5.73 Å². The topological polar surface area (TPSA) is 38.5 Å². The Kier molecular flexibility index (Phi) is 4.71. The number of nitrogens with two attached hydrogens (primary N) is 1. The molecule has 0 saturated carbocycles. The molecule has 2 N–H and O–H groups in total. The van der Waals surface area contributed by atoms with E-state index >= 15 is 0 Å². The van der Waals surface area contributed by atoms with Gasteiger partial charge in [0.05, 0.1) is 6.61 Å². The van der Waals surface area contributed by atoms with Crippen LogP contribution in [0.2, 0.25) is 0 Å². The lowest BCUT2D eigenvalue weighted by atomic mass is 9.86. The van der Waals surface area contributed by atoms with Crippen molar-refractivity contribution in [3.8, 4) is 5.75 Å². The van der Waals surface area contributed by atoms with Crippen LogP contribution in [-0.4, -0.2) is 37.2 Å². The van der Waals surface area contributed by atoms with Gasteiger partial charge in [-0.2, -0.15) is 0 Å². The van der Waals surface area contributed by atoms with Gasteiger partial charge in [-0.3, -0.25) is 0 Å². The van der Waals surface area contributed by atoms with Crippen molar-refractivity contribution in [1.82, 2.24) is 4.90 Å². The predicted octanol–water partition coefficient (Wildman–Crippen LogP) is 2.80. The summed E-state index contributed by atoms with van der Waals surface area (Å²) in [6.45, 7) is 9.27. The number of piperidine rings is 1. The zero-order valence-electron chi connectivity index (χ0n) is 13.3. The molecule has 2 rings (SSSR count). The molecule has 0 spiro atoms. The van der Waals surface area contributed by atoms with E-state index in [1.807, 2.05) is 0 Å². The van der Waals surface area contributed by atoms with Gasteiger partial charge < -0.3 is 15.4 Å². The monoisotopic (exact) mass is 276 g/mol. The Balaban J connectivity index is 1.92. The van der Waals surface area contributed by atoms with E-state index in [2.05, 4.69) is 44.9 Å². The van der Waals surface area contributed by atoms with Crippen LogP contribution in [0.15, 0.2) is 12.1 Å². The number of hydrogen-bond acceptors (Lipinski definition) is 3. The number of ether oxygens (including phenoxy) is 1. The molecule has 3 nitrogen and oxygen atoms in total. The molecule has 0 unspecified atom stereocenters. The molecule has 1 fully saturated rings. The second-order valence-electron chi connectivity index (χ2n) is 6.42. The lowest BCUT2D eigenvalue weighted by Crippen LogP contribution is -2.50. The van der Waals surface area contributed by atoms with Crippen LogP contribution >= 0.6 is 0 Å². The van der Waals surface area contributed by atoms with Gasteiger partial charge in [-0.15, -0.1) is 0 Å². The molecule has 0 atom stereocenters. The molecule has 0 amide bonds. The Morgan fingerprint density at radius 1 is 1.15 bits per heavy atom. The largest absolute Gasteiger partial charge is 0.493 e. The molecular formula is C17H28N2O. The summed E-state index contributed by atoms with van der Waals surface area (Å²) in [5.74, 6) is 1.04. The van der Waals surface area contributed by atoms with Gasteiger partial charge in [-0.25, -0.2) is 0 Å². The van der Waals surface area contributed by atoms with Crippen molar-refractivity contribution in [3.63, 3.8) is 0 Å². The summed E-state index contributed by atoms with van der Waals surface area (Å²) in [4.78, 5) is 2.35. The van der Waals surface area contributed by atoms with Gasteiger partial charge in [0, 0.05) is 5.54 Å². The maximum absolute atomic E-state index is 6.48. The van der Waals surface area contributed by atoms with Gasteiger partial charge in [0.1, 0.15) is 5.75 Å². The Morgan fingerprint density at radius 2 is 1.75 bits per heavy atom. The van der Waals surface area contributed by atoms with Crippen LogP contribution in [0.5, 0.6) is 5.75 Å². The Hall–Kier alpha value is -1.06. The van der Waals surface area contributed by atoms with E-state index in [9.17, 15) is 0 Å². The summed E-state index contributed by atoms with van der Waals surface area (Å²) < 4.78 is 6.05. The molecule has 0 aliphatic carbocycles. The summed E-state index contributed by atoms with van der Waals surface area (Å²) in [6, 6.07) is 4.28. The maximum Gasteiger partial charge on any atom is 0.125 e. The fourth-order valence-electron chi connectivity index (χ4n) is 2.82. The third-order valence-corrected chi connectivity index (χ3v) is 4.70. The second-order valence-corrected chi connectivity index (χ2v) is 6.42. The lowest BCUT2D eigenvalue weighted by Gasteiger charge is -2.37. The first-order valence-electron chi connectivity index (χ1n) is 7.58. The third-order valence-electron chi connectivity index (χ3n) is 4.70. The average molecular weight is 276 g/mol. The van der Waals surface area contributed by atoms with E-state index < -0.39 is 0 Å². The van der Waals surface area contributed by atoms with Gasteiger partial charge >= 0.3 is 0 Å². The van der Waals surface area contributed by atoms with Crippen molar-refractivity contribution < 1.29 is 4.74 Å². The molecule has 20 heavy (non-hydrogen) atoms. The van der Waals surface area contributed by atoms with E-state index in [0.29, 0.717) is 6.61 Å². The zero-order chi connectivity index (χ0) is 14.8. The highest BCUT2D eigenvalue weighted by molar-refractivity contribution is 5.44. The van der Waals surface area contributed by atoms with Crippen LogP contribution in [0, 0.1) is 20.8 Å². The highest BCUT2D eigenvalue weighted by Crippen LogP contribution is 2.27. The standard InChI is InChI=1S/C17H28N2O/c1-13-5-6-14(2)16(15(13)3)20-12-9-17(18)7-10-19(4)11-8-17/h5-6H,7-12,18H2,1-4H3. The Labute approximate surface area is 123 Å². The van der Waals surface area contributed by atoms with Crippen LogP contribution in [0.3, 0.4) is 0 Å². The fraction of sp³-hybridized carbons (Fsp3) is 0.647. The van der Waals surface area contributed by atoms with E-state index in [4.69, 9.17) is 10.5 Å². The van der Waals surface area contributed by atoms with Crippen molar-refractivity contribution >= 4 is 0 Å². The van der Waals surface area contributed by atoms with Crippen LogP contribution in [0.1, 0.15) is 36.0 Å². The molecule has 1 heterocycles. The fourth-order valence-corrected chi connectivity index (χ4v) is 2.82. The minimum absolute atomic E-state index is 0.0435. The minimum atomic E-state index is -0.0435. The normalized spacial score (nSPS) is 19.1. The number of rotatable bonds is 4. The summed E-state index contributed by atoms with van der Waals surface area (Å²) >= 11 is 0. The van der Waals surface area contributed by atoms with Crippen molar-refractivity contribution in [2.45, 2.75) is 45.6 Å². The summed E-state index contributed by atoms with van der Waals surface area (Å²) in [5, 5.41) is 0. The smallest absolute Gasteiger partial charge is 0.125 e. The van der Waals surface area contributed by atoms with Crippen molar-refractivity contribution in [1.29, 1.82) is 0 Å². The molecule has 1 aliphatic rings. The summed E-state index contributed by atoms with van der Waals surface area (Å²) in [6.07, 6.45) is 3.07. The first-order chi connectivity index (χ1) is 9.41. The van der Waals surface area contributed by atoms with Gasteiger partial charge in [0.15, 0.2) is 0 Å².